The number of carboxylic acids is 1. The number of H-pyrrole nitrogens is 1. The normalized spacial score (nSPS) is 11.0. The van der Waals surface area contributed by atoms with Gasteiger partial charge in [-0.3, -0.25) is 0 Å². The van der Waals surface area contributed by atoms with E-state index in [1.807, 2.05) is 19.1 Å². The molecule has 1 aromatic heterocycles. The second-order valence-corrected chi connectivity index (χ2v) is 4.85. The number of nitrogens with two attached hydrogens (primary N) is 1. The third-order valence-corrected chi connectivity index (χ3v) is 3.35. The first-order valence-corrected chi connectivity index (χ1v) is 6.08. The molecule has 1 heterocycles. The summed E-state index contributed by atoms with van der Waals surface area (Å²) in [5, 5.41) is 10.1. The van der Waals surface area contributed by atoms with E-state index in [0.717, 1.165) is 26.5 Å². The van der Waals surface area contributed by atoms with Crippen LogP contribution in [-0.2, 0) is 6.42 Å². The summed E-state index contributed by atoms with van der Waals surface area (Å²) in [6, 6.07) is 3.94. The van der Waals surface area contributed by atoms with Crippen LogP contribution in [0, 0.1) is 6.92 Å². The standard InChI is InChI=1S/C12H13BrN2O2/c1-6-4-8-7(2-3-14)11(12(16)17)15-10(8)9(13)5-6/h4-5,15H,2-3,14H2,1H3,(H,16,17). The minimum Gasteiger partial charge on any atom is -0.477 e. The van der Waals surface area contributed by atoms with Gasteiger partial charge in [0, 0.05) is 9.86 Å². The molecule has 4 N–H and O–H groups in total. The Hall–Kier alpha value is -1.33. The fourth-order valence-electron chi connectivity index (χ4n) is 2.03. The van der Waals surface area contributed by atoms with Gasteiger partial charge in [0.25, 0.3) is 0 Å². The number of benzene rings is 1. The molecule has 0 unspecified atom stereocenters. The molecule has 17 heavy (non-hydrogen) atoms. The van der Waals surface area contributed by atoms with Crippen molar-refractivity contribution in [3.05, 3.63) is 33.4 Å². The number of aryl methyl sites for hydroxylation is 1. The van der Waals surface area contributed by atoms with Crippen LogP contribution in [0.15, 0.2) is 16.6 Å². The van der Waals surface area contributed by atoms with Gasteiger partial charge in [0.1, 0.15) is 5.69 Å². The highest BCUT2D eigenvalue weighted by Crippen LogP contribution is 2.30. The lowest BCUT2D eigenvalue weighted by molar-refractivity contribution is 0.0690. The highest BCUT2D eigenvalue weighted by molar-refractivity contribution is 9.10. The number of carboxylic acid groups (broad SMARTS) is 1. The molecule has 1 aromatic carbocycles. The Balaban J connectivity index is 2.79. The van der Waals surface area contributed by atoms with Gasteiger partial charge in [-0.2, -0.15) is 0 Å². The number of aromatic nitrogens is 1. The van der Waals surface area contributed by atoms with Crippen LogP contribution in [0.3, 0.4) is 0 Å². The molecule has 0 aliphatic rings. The van der Waals surface area contributed by atoms with E-state index in [1.165, 1.54) is 0 Å². The van der Waals surface area contributed by atoms with E-state index in [0.29, 0.717) is 13.0 Å². The van der Waals surface area contributed by atoms with Gasteiger partial charge in [-0.05, 0) is 59.1 Å². The molecule has 0 fully saturated rings. The lowest BCUT2D eigenvalue weighted by Gasteiger charge is -2.00. The summed E-state index contributed by atoms with van der Waals surface area (Å²) in [7, 11) is 0. The SMILES string of the molecule is Cc1cc(Br)c2[nH]c(C(=O)O)c(CCN)c2c1. The number of nitrogens with one attached hydrogen (secondary N) is 1. The molecule has 4 nitrogen and oxygen atoms in total. The summed E-state index contributed by atoms with van der Waals surface area (Å²) in [4.78, 5) is 14.1. The first kappa shape index (κ1) is 12.1. The summed E-state index contributed by atoms with van der Waals surface area (Å²) < 4.78 is 0.873. The van der Waals surface area contributed by atoms with Crippen molar-refractivity contribution in [1.82, 2.24) is 4.98 Å². The molecular weight excluding hydrogens is 284 g/mol. The number of rotatable bonds is 3. The highest BCUT2D eigenvalue weighted by atomic mass is 79.9. The smallest absolute Gasteiger partial charge is 0.352 e. The van der Waals surface area contributed by atoms with E-state index in [-0.39, 0.29) is 5.69 Å². The minimum absolute atomic E-state index is 0.233. The molecule has 90 valence electrons. The van der Waals surface area contributed by atoms with Crippen LogP contribution >= 0.6 is 15.9 Å². The van der Waals surface area contributed by atoms with Crippen molar-refractivity contribution in [2.45, 2.75) is 13.3 Å². The van der Waals surface area contributed by atoms with Crippen molar-refractivity contribution in [2.24, 2.45) is 5.73 Å². The number of fused-ring (bicyclic) bond motifs is 1. The molecule has 2 rings (SSSR count). The first-order valence-electron chi connectivity index (χ1n) is 5.28. The maximum absolute atomic E-state index is 11.2. The zero-order valence-electron chi connectivity index (χ0n) is 9.38. The quantitative estimate of drug-likeness (QED) is 0.814. The number of halogens is 1. The molecule has 0 aliphatic carbocycles. The van der Waals surface area contributed by atoms with E-state index in [1.54, 1.807) is 0 Å². The van der Waals surface area contributed by atoms with E-state index in [4.69, 9.17) is 10.8 Å². The largest absolute Gasteiger partial charge is 0.477 e. The van der Waals surface area contributed by atoms with Crippen LogP contribution < -0.4 is 5.73 Å². The number of hydrogen-bond donors (Lipinski definition) is 3. The van der Waals surface area contributed by atoms with Crippen molar-refractivity contribution in [1.29, 1.82) is 0 Å². The van der Waals surface area contributed by atoms with E-state index >= 15 is 0 Å². The van der Waals surface area contributed by atoms with Gasteiger partial charge >= 0.3 is 5.97 Å². The molecule has 5 heteroatoms. The Morgan fingerprint density at radius 1 is 1.53 bits per heavy atom. The molecule has 0 spiro atoms. The van der Waals surface area contributed by atoms with Crippen LogP contribution in [0.1, 0.15) is 21.6 Å². The van der Waals surface area contributed by atoms with Gasteiger partial charge in [0.15, 0.2) is 0 Å². The zero-order valence-corrected chi connectivity index (χ0v) is 11.0. The van der Waals surface area contributed by atoms with Crippen molar-refractivity contribution in [3.63, 3.8) is 0 Å². The molecule has 0 aliphatic heterocycles. The van der Waals surface area contributed by atoms with Gasteiger partial charge in [-0.15, -0.1) is 0 Å². The Morgan fingerprint density at radius 2 is 2.24 bits per heavy atom. The van der Waals surface area contributed by atoms with Gasteiger partial charge in [0.2, 0.25) is 0 Å². The molecule has 0 bridgehead atoms. The third kappa shape index (κ3) is 2.08. The predicted octanol–water partition coefficient (Wildman–Crippen LogP) is 2.44. The van der Waals surface area contributed by atoms with E-state index < -0.39 is 5.97 Å². The van der Waals surface area contributed by atoms with Crippen LogP contribution in [0.25, 0.3) is 10.9 Å². The average Bonchev–Trinajstić information content (AvgIpc) is 2.58. The maximum Gasteiger partial charge on any atom is 0.352 e. The lowest BCUT2D eigenvalue weighted by atomic mass is 10.1. The van der Waals surface area contributed by atoms with Crippen molar-refractivity contribution >= 4 is 32.8 Å². The van der Waals surface area contributed by atoms with Crippen LogP contribution in [0.2, 0.25) is 0 Å². The molecule has 0 radical (unpaired) electrons. The Labute approximate surface area is 107 Å². The molecule has 0 saturated carbocycles. The second-order valence-electron chi connectivity index (χ2n) is 3.99. The summed E-state index contributed by atoms with van der Waals surface area (Å²) in [5.74, 6) is -0.950. The molecule has 0 amide bonds. The molecule has 2 aromatic rings. The number of carbonyl (C=O) groups is 1. The summed E-state index contributed by atoms with van der Waals surface area (Å²) >= 11 is 3.44. The molecule has 0 saturated heterocycles. The Morgan fingerprint density at radius 3 is 2.82 bits per heavy atom. The number of hydrogen-bond acceptors (Lipinski definition) is 2. The summed E-state index contributed by atoms with van der Waals surface area (Å²) in [6.07, 6.45) is 0.553. The van der Waals surface area contributed by atoms with Gasteiger partial charge < -0.3 is 15.8 Å². The molecule has 0 atom stereocenters. The predicted molar refractivity (Wildman–Crippen MR) is 70.5 cm³/mol. The van der Waals surface area contributed by atoms with Crippen molar-refractivity contribution < 1.29 is 9.90 Å². The molecular formula is C12H13BrN2O2. The minimum atomic E-state index is -0.950. The zero-order chi connectivity index (χ0) is 12.6. The number of aromatic amines is 1. The highest BCUT2D eigenvalue weighted by Gasteiger charge is 2.17. The fourth-order valence-corrected chi connectivity index (χ4v) is 2.70. The van der Waals surface area contributed by atoms with Crippen LogP contribution in [0.5, 0.6) is 0 Å². The Bertz CT molecular complexity index is 590. The third-order valence-electron chi connectivity index (χ3n) is 2.72. The van der Waals surface area contributed by atoms with Gasteiger partial charge in [0.05, 0.1) is 5.52 Å². The number of aromatic carboxylic acids is 1. The van der Waals surface area contributed by atoms with Crippen molar-refractivity contribution in [3.8, 4) is 0 Å². The van der Waals surface area contributed by atoms with Gasteiger partial charge in [-0.25, -0.2) is 4.79 Å². The van der Waals surface area contributed by atoms with Crippen LogP contribution in [0.4, 0.5) is 0 Å². The van der Waals surface area contributed by atoms with E-state index in [9.17, 15) is 4.79 Å². The lowest BCUT2D eigenvalue weighted by Crippen LogP contribution is -2.07. The first-order chi connectivity index (χ1) is 8.04. The van der Waals surface area contributed by atoms with Gasteiger partial charge in [-0.1, -0.05) is 0 Å². The topological polar surface area (TPSA) is 79.1 Å². The Kier molecular flexibility index (Phi) is 3.22. The van der Waals surface area contributed by atoms with Crippen LogP contribution in [-0.4, -0.2) is 22.6 Å². The summed E-state index contributed by atoms with van der Waals surface area (Å²) in [5.41, 5.74) is 8.45. The monoisotopic (exact) mass is 296 g/mol. The van der Waals surface area contributed by atoms with Crippen molar-refractivity contribution in [2.75, 3.05) is 6.54 Å². The van der Waals surface area contributed by atoms with E-state index in [2.05, 4.69) is 20.9 Å². The maximum atomic E-state index is 11.2. The summed E-state index contributed by atoms with van der Waals surface area (Å²) in [6.45, 7) is 2.41. The second kappa shape index (κ2) is 4.50. The fraction of sp³-hybridized carbons (Fsp3) is 0.250. The average molecular weight is 297 g/mol.